The van der Waals surface area contributed by atoms with Crippen molar-refractivity contribution in [3.63, 3.8) is 0 Å². The molecule has 2 aromatic heterocycles. The van der Waals surface area contributed by atoms with E-state index in [0.717, 1.165) is 38.9 Å². The molecule has 0 N–H and O–H groups in total. The molecule has 3 aromatic carbocycles. The Hall–Kier alpha value is -3.50. The molecule has 0 aliphatic heterocycles. The van der Waals surface area contributed by atoms with Gasteiger partial charge in [0.15, 0.2) is 0 Å². The first kappa shape index (κ1) is 19.5. The molecule has 31 heavy (non-hydrogen) atoms. The number of nitrogens with zero attached hydrogens (tertiary/aromatic N) is 3. The molecule has 2 heterocycles. The Morgan fingerprint density at radius 1 is 0.677 bits per heavy atom. The zero-order chi connectivity index (χ0) is 21.4. The van der Waals surface area contributed by atoms with Gasteiger partial charge in [-0.3, -0.25) is 0 Å². The van der Waals surface area contributed by atoms with E-state index in [9.17, 15) is 0 Å². The van der Waals surface area contributed by atoms with Crippen LogP contribution in [0.15, 0.2) is 84.9 Å². The van der Waals surface area contributed by atoms with Crippen molar-refractivity contribution in [2.24, 2.45) is 0 Å². The van der Waals surface area contributed by atoms with Crippen LogP contribution in [0.5, 0.6) is 0 Å². The van der Waals surface area contributed by atoms with Gasteiger partial charge in [0.2, 0.25) is 5.13 Å². The van der Waals surface area contributed by atoms with Crippen LogP contribution in [0.2, 0.25) is 0 Å². The van der Waals surface area contributed by atoms with E-state index in [-0.39, 0.29) is 0 Å². The lowest BCUT2D eigenvalue weighted by Crippen LogP contribution is -1.99. The van der Waals surface area contributed by atoms with Crippen LogP contribution in [0.3, 0.4) is 0 Å². The van der Waals surface area contributed by atoms with Gasteiger partial charge < -0.3 is 0 Å². The van der Waals surface area contributed by atoms with E-state index in [2.05, 4.69) is 99.6 Å². The monoisotopic (exact) mass is 421 g/mol. The summed E-state index contributed by atoms with van der Waals surface area (Å²) in [7, 11) is 0. The van der Waals surface area contributed by atoms with Crippen molar-refractivity contribution in [2.75, 3.05) is 0 Å². The van der Waals surface area contributed by atoms with Crippen LogP contribution in [-0.4, -0.2) is 14.8 Å². The third-order valence-corrected chi connectivity index (χ3v) is 6.36. The minimum Gasteiger partial charge on any atom is -0.218 e. The standard InChI is InChI=1S/C27H23N3S/c1-18-9-13-21(14-10-18)24-17-25(22-15-11-19(2)12-16-22)30(29-24)27-28-26(20(3)31-27)23-7-5-4-6-8-23/h4-17H,1-3H3. The topological polar surface area (TPSA) is 30.7 Å². The van der Waals surface area contributed by atoms with E-state index >= 15 is 0 Å². The molecule has 152 valence electrons. The second kappa shape index (κ2) is 7.97. The van der Waals surface area contributed by atoms with E-state index < -0.39 is 0 Å². The summed E-state index contributed by atoms with van der Waals surface area (Å²) < 4.78 is 1.99. The Morgan fingerprint density at radius 2 is 1.29 bits per heavy atom. The maximum atomic E-state index is 4.99. The molecule has 0 unspecified atom stereocenters. The summed E-state index contributed by atoms with van der Waals surface area (Å²) in [6, 6.07) is 29.6. The molecule has 0 saturated carbocycles. The number of aryl methyl sites for hydroxylation is 3. The first-order chi connectivity index (χ1) is 15.1. The highest BCUT2D eigenvalue weighted by Crippen LogP contribution is 2.34. The zero-order valence-electron chi connectivity index (χ0n) is 17.8. The van der Waals surface area contributed by atoms with Crippen molar-refractivity contribution < 1.29 is 0 Å². The number of hydrogen-bond acceptors (Lipinski definition) is 3. The summed E-state index contributed by atoms with van der Waals surface area (Å²) in [6.45, 7) is 6.33. The van der Waals surface area contributed by atoms with E-state index in [0.29, 0.717) is 0 Å². The minimum atomic E-state index is 0.880. The summed E-state index contributed by atoms with van der Waals surface area (Å²) >= 11 is 1.67. The lowest BCUT2D eigenvalue weighted by molar-refractivity contribution is 0.881. The second-order valence-corrected chi connectivity index (χ2v) is 9.01. The van der Waals surface area contributed by atoms with Crippen LogP contribution in [0.25, 0.3) is 38.9 Å². The van der Waals surface area contributed by atoms with E-state index in [4.69, 9.17) is 10.1 Å². The van der Waals surface area contributed by atoms with Crippen LogP contribution in [0, 0.1) is 20.8 Å². The molecule has 0 bridgehead atoms. The third kappa shape index (κ3) is 3.82. The molecule has 0 atom stereocenters. The fourth-order valence-corrected chi connectivity index (χ4v) is 4.56. The summed E-state index contributed by atoms with van der Waals surface area (Å²) in [5.74, 6) is 0. The normalized spacial score (nSPS) is 11.1. The molecule has 5 rings (SSSR count). The molecule has 0 spiro atoms. The van der Waals surface area contributed by atoms with Gasteiger partial charge in [-0.1, -0.05) is 101 Å². The van der Waals surface area contributed by atoms with Gasteiger partial charge in [-0.05, 0) is 26.8 Å². The van der Waals surface area contributed by atoms with Crippen LogP contribution in [0.1, 0.15) is 16.0 Å². The van der Waals surface area contributed by atoms with E-state index in [1.807, 2.05) is 10.7 Å². The van der Waals surface area contributed by atoms with Gasteiger partial charge in [-0.2, -0.15) is 5.10 Å². The van der Waals surface area contributed by atoms with E-state index in [1.165, 1.54) is 16.0 Å². The van der Waals surface area contributed by atoms with Gasteiger partial charge in [0, 0.05) is 21.6 Å². The molecule has 0 aliphatic carbocycles. The molecule has 0 fully saturated rings. The Labute approximate surface area is 186 Å². The highest BCUT2D eigenvalue weighted by atomic mass is 32.1. The molecule has 0 saturated heterocycles. The average Bonchev–Trinajstić information content (AvgIpc) is 3.39. The number of hydrogen-bond donors (Lipinski definition) is 0. The van der Waals surface area contributed by atoms with Crippen LogP contribution >= 0.6 is 11.3 Å². The molecule has 0 radical (unpaired) electrons. The molecular formula is C27H23N3S. The van der Waals surface area contributed by atoms with Crippen molar-refractivity contribution in [3.8, 4) is 38.9 Å². The van der Waals surface area contributed by atoms with Gasteiger partial charge in [-0.15, -0.1) is 0 Å². The molecule has 5 aromatic rings. The first-order valence-electron chi connectivity index (χ1n) is 10.4. The van der Waals surface area contributed by atoms with Crippen molar-refractivity contribution >= 4 is 11.3 Å². The van der Waals surface area contributed by atoms with Crippen LogP contribution < -0.4 is 0 Å². The average molecular weight is 422 g/mol. The molecule has 0 amide bonds. The summed E-state index contributed by atoms with van der Waals surface area (Å²) in [5.41, 5.74) is 8.86. The van der Waals surface area contributed by atoms with Crippen molar-refractivity contribution in [2.45, 2.75) is 20.8 Å². The van der Waals surface area contributed by atoms with Crippen LogP contribution in [0.4, 0.5) is 0 Å². The maximum Gasteiger partial charge on any atom is 0.211 e. The molecule has 3 nitrogen and oxygen atoms in total. The summed E-state index contributed by atoms with van der Waals surface area (Å²) in [4.78, 5) is 6.18. The SMILES string of the molecule is Cc1ccc(-c2cc(-c3ccc(C)cc3)n(-c3nc(-c4ccccc4)c(C)s3)n2)cc1. The number of thiazole rings is 1. The summed E-state index contributed by atoms with van der Waals surface area (Å²) in [5, 5.41) is 5.87. The first-order valence-corrected chi connectivity index (χ1v) is 11.2. The van der Waals surface area contributed by atoms with Crippen molar-refractivity contribution in [1.82, 2.24) is 14.8 Å². The molecule has 4 heteroatoms. The smallest absolute Gasteiger partial charge is 0.211 e. The van der Waals surface area contributed by atoms with Gasteiger partial charge >= 0.3 is 0 Å². The number of aromatic nitrogens is 3. The van der Waals surface area contributed by atoms with Crippen LogP contribution in [-0.2, 0) is 0 Å². The third-order valence-electron chi connectivity index (χ3n) is 5.42. The lowest BCUT2D eigenvalue weighted by atomic mass is 10.1. The predicted molar refractivity (Wildman–Crippen MR) is 130 cm³/mol. The van der Waals surface area contributed by atoms with E-state index in [1.54, 1.807) is 11.3 Å². The lowest BCUT2D eigenvalue weighted by Gasteiger charge is -2.04. The Balaban J connectivity index is 1.67. The molecule has 0 aliphatic rings. The number of rotatable bonds is 4. The number of benzene rings is 3. The van der Waals surface area contributed by atoms with Gasteiger partial charge in [0.1, 0.15) is 0 Å². The fraction of sp³-hybridized carbons (Fsp3) is 0.111. The highest BCUT2D eigenvalue weighted by Gasteiger charge is 2.18. The van der Waals surface area contributed by atoms with Crippen molar-refractivity contribution in [3.05, 3.63) is 101 Å². The van der Waals surface area contributed by atoms with Gasteiger partial charge in [0.25, 0.3) is 0 Å². The summed E-state index contributed by atoms with van der Waals surface area (Å²) in [6.07, 6.45) is 0. The largest absolute Gasteiger partial charge is 0.218 e. The quantitative estimate of drug-likeness (QED) is 0.306. The Morgan fingerprint density at radius 3 is 1.94 bits per heavy atom. The minimum absolute atomic E-state index is 0.880. The zero-order valence-corrected chi connectivity index (χ0v) is 18.6. The Kier molecular flexibility index (Phi) is 5.00. The molecular weight excluding hydrogens is 398 g/mol. The van der Waals surface area contributed by atoms with Gasteiger partial charge in [-0.25, -0.2) is 9.67 Å². The maximum absolute atomic E-state index is 4.99. The predicted octanol–water partition coefficient (Wildman–Crippen LogP) is 7.26. The second-order valence-electron chi connectivity index (χ2n) is 7.83. The van der Waals surface area contributed by atoms with Gasteiger partial charge in [0.05, 0.1) is 17.1 Å². The van der Waals surface area contributed by atoms with Crippen molar-refractivity contribution in [1.29, 1.82) is 0 Å². The Bertz CT molecular complexity index is 1330. The fourth-order valence-electron chi connectivity index (χ4n) is 3.66. The highest BCUT2D eigenvalue weighted by molar-refractivity contribution is 7.14.